The highest BCUT2D eigenvalue weighted by Crippen LogP contribution is 2.26. The molecule has 1 fully saturated rings. The maximum Gasteiger partial charge on any atom is 0.306 e. The van der Waals surface area contributed by atoms with Crippen LogP contribution in [0.15, 0.2) is 85.1 Å². The quantitative estimate of drug-likeness (QED) is 0.0195. The SMILES string of the molecule is CC/C=C/C/C=C/C/C=C/CCCCCC(O)C(=O)NC(COC1OC(CO)C(O)C(O)C1OC(=O)CCCCCCCCCCCC/C=C\C/C=C\C/C=C\CCCCC)C(O)/C=C/CCCCCCCCCCCC. The first kappa shape index (κ1) is 71.9. The van der Waals surface area contributed by atoms with Crippen LogP contribution in [0.25, 0.3) is 0 Å². The van der Waals surface area contributed by atoms with E-state index in [-0.39, 0.29) is 19.4 Å². The Labute approximate surface area is 470 Å². The Kier molecular flexibility index (Phi) is 49.9. The predicted molar refractivity (Wildman–Crippen MR) is 319 cm³/mol. The highest BCUT2D eigenvalue weighted by atomic mass is 16.7. The molecule has 8 unspecified atom stereocenters. The number of allylic oxidation sites excluding steroid dienone is 13. The third-order valence-corrected chi connectivity index (χ3v) is 14.3. The highest BCUT2D eigenvalue weighted by molar-refractivity contribution is 5.80. The van der Waals surface area contributed by atoms with Gasteiger partial charge in [-0.2, -0.15) is 0 Å². The zero-order valence-corrected chi connectivity index (χ0v) is 49.1. The van der Waals surface area contributed by atoms with Gasteiger partial charge in [0.2, 0.25) is 5.91 Å². The molecule has 1 heterocycles. The third-order valence-electron chi connectivity index (χ3n) is 14.3. The lowest BCUT2D eigenvalue weighted by atomic mass is 9.99. The summed E-state index contributed by atoms with van der Waals surface area (Å²) in [4.78, 5) is 26.5. The minimum atomic E-state index is -1.62. The summed E-state index contributed by atoms with van der Waals surface area (Å²) < 4.78 is 17.6. The van der Waals surface area contributed by atoms with Crippen molar-refractivity contribution in [3.05, 3.63) is 85.1 Å². The van der Waals surface area contributed by atoms with Crippen LogP contribution in [-0.2, 0) is 23.8 Å². The van der Waals surface area contributed by atoms with Crippen molar-refractivity contribution < 1.29 is 49.3 Å². The molecule has 0 radical (unpaired) electrons. The van der Waals surface area contributed by atoms with E-state index in [1.807, 2.05) is 6.08 Å². The molecule has 77 heavy (non-hydrogen) atoms. The number of carbonyl (C=O) groups excluding carboxylic acids is 2. The minimum absolute atomic E-state index is 0.113. The summed E-state index contributed by atoms with van der Waals surface area (Å²) in [5.74, 6) is -1.22. The molecule has 0 aliphatic carbocycles. The molecule has 0 spiro atoms. The summed E-state index contributed by atoms with van der Waals surface area (Å²) in [7, 11) is 0. The van der Waals surface area contributed by atoms with Gasteiger partial charge < -0.3 is 45.1 Å². The van der Waals surface area contributed by atoms with Crippen LogP contribution < -0.4 is 5.32 Å². The van der Waals surface area contributed by atoms with E-state index in [0.29, 0.717) is 12.8 Å². The Hall–Kier alpha value is -3.16. The van der Waals surface area contributed by atoms with Crippen molar-refractivity contribution in [2.24, 2.45) is 0 Å². The van der Waals surface area contributed by atoms with Gasteiger partial charge in [-0.3, -0.25) is 9.59 Å². The van der Waals surface area contributed by atoms with E-state index in [1.165, 1.54) is 109 Å². The molecule has 1 aliphatic heterocycles. The van der Waals surface area contributed by atoms with Gasteiger partial charge in [-0.15, -0.1) is 0 Å². The molecule has 6 N–H and O–H groups in total. The highest BCUT2D eigenvalue weighted by Gasteiger charge is 2.47. The van der Waals surface area contributed by atoms with Crippen molar-refractivity contribution in [1.29, 1.82) is 0 Å². The van der Waals surface area contributed by atoms with Crippen LogP contribution >= 0.6 is 0 Å². The Morgan fingerprint density at radius 1 is 0.519 bits per heavy atom. The molecule has 8 atom stereocenters. The molecule has 11 nitrogen and oxygen atoms in total. The van der Waals surface area contributed by atoms with E-state index < -0.39 is 67.4 Å². The molecule has 11 heteroatoms. The minimum Gasteiger partial charge on any atom is -0.454 e. The lowest BCUT2D eigenvalue weighted by Gasteiger charge is -2.41. The fourth-order valence-corrected chi connectivity index (χ4v) is 9.32. The number of hydrogen-bond donors (Lipinski definition) is 6. The molecule has 0 aromatic carbocycles. The summed E-state index contributed by atoms with van der Waals surface area (Å²) in [6, 6.07) is -1.04. The maximum absolute atomic E-state index is 13.4. The number of aliphatic hydroxyl groups is 5. The number of rotatable bonds is 52. The Bertz CT molecular complexity index is 1570. The van der Waals surface area contributed by atoms with Crippen molar-refractivity contribution >= 4 is 11.9 Å². The second-order valence-corrected chi connectivity index (χ2v) is 21.4. The van der Waals surface area contributed by atoms with E-state index in [2.05, 4.69) is 99.0 Å². The second kappa shape index (κ2) is 53.5. The number of ether oxygens (including phenoxy) is 3. The number of nitrogens with one attached hydrogen (secondary N) is 1. The zero-order chi connectivity index (χ0) is 56.1. The van der Waals surface area contributed by atoms with Crippen molar-refractivity contribution in [3.8, 4) is 0 Å². The molecule has 0 aromatic heterocycles. The summed E-state index contributed by atoms with van der Waals surface area (Å²) in [6.45, 7) is 5.62. The Morgan fingerprint density at radius 2 is 0.935 bits per heavy atom. The topological polar surface area (TPSA) is 175 Å². The van der Waals surface area contributed by atoms with Gasteiger partial charge in [0.05, 0.1) is 25.4 Å². The van der Waals surface area contributed by atoms with E-state index in [1.54, 1.807) is 6.08 Å². The first-order valence-electron chi connectivity index (χ1n) is 31.4. The molecule has 0 saturated carbocycles. The molecule has 1 aliphatic rings. The summed E-state index contributed by atoms with van der Waals surface area (Å²) >= 11 is 0. The van der Waals surface area contributed by atoms with Gasteiger partial charge in [0.25, 0.3) is 0 Å². The number of aliphatic hydroxyl groups excluding tert-OH is 5. The van der Waals surface area contributed by atoms with Crippen LogP contribution in [-0.4, -0.2) is 99.6 Å². The normalized spacial score (nSPS) is 19.6. The monoisotopic (exact) mass is 1080 g/mol. The van der Waals surface area contributed by atoms with Crippen LogP contribution in [0.2, 0.25) is 0 Å². The van der Waals surface area contributed by atoms with Gasteiger partial charge in [0.15, 0.2) is 12.4 Å². The molecule has 0 bridgehead atoms. The second-order valence-electron chi connectivity index (χ2n) is 21.4. The average Bonchev–Trinajstić information content (AvgIpc) is 3.43. The first-order chi connectivity index (χ1) is 37.7. The van der Waals surface area contributed by atoms with E-state index in [4.69, 9.17) is 14.2 Å². The van der Waals surface area contributed by atoms with Crippen LogP contribution in [0.1, 0.15) is 258 Å². The lowest BCUT2D eigenvalue weighted by molar-refractivity contribution is -0.305. The van der Waals surface area contributed by atoms with E-state index in [0.717, 1.165) is 103 Å². The van der Waals surface area contributed by atoms with Crippen LogP contribution in [0, 0.1) is 0 Å². The standard InChI is InChI=1S/C66H115NO10/c1-4-7-10-13-16-19-22-25-26-27-28-29-30-31-32-33-34-36-39-42-45-48-51-54-61(71)77-64-63(73)62(72)60(55-68)76-66(64)75-56-57(58(69)52-49-46-43-40-37-24-21-18-15-12-9-6-3)67-65(74)59(70)53-50-47-44-41-38-35-23-20-17-14-11-8-5-2/h8,11,16-17,19-20,25-26,28-29,35,38,49,52,57-60,62-64,66,68-70,72-73H,4-7,9-10,12-15,18,21-24,27,30-34,36-37,39-48,50-51,53-56H2,1-3H3,(H,67,74)/b11-8+,19-16-,20-17+,26-25-,29-28-,38-35+,52-49+. The van der Waals surface area contributed by atoms with Crippen molar-refractivity contribution in [3.63, 3.8) is 0 Å². The molecular weight excluding hydrogens is 967 g/mol. The molecule has 0 aromatic rings. The predicted octanol–water partition coefficient (Wildman–Crippen LogP) is 14.9. The maximum atomic E-state index is 13.4. The number of hydrogen-bond acceptors (Lipinski definition) is 10. The van der Waals surface area contributed by atoms with Crippen LogP contribution in [0.3, 0.4) is 0 Å². The number of esters is 1. The van der Waals surface area contributed by atoms with E-state index in [9.17, 15) is 35.1 Å². The number of amides is 1. The molecule has 1 amide bonds. The van der Waals surface area contributed by atoms with Gasteiger partial charge in [-0.05, 0) is 96.3 Å². The molecular formula is C66H115NO10. The smallest absolute Gasteiger partial charge is 0.306 e. The van der Waals surface area contributed by atoms with Crippen LogP contribution in [0.4, 0.5) is 0 Å². The van der Waals surface area contributed by atoms with Gasteiger partial charge in [-0.25, -0.2) is 0 Å². The van der Waals surface area contributed by atoms with Gasteiger partial charge >= 0.3 is 5.97 Å². The van der Waals surface area contributed by atoms with Crippen molar-refractivity contribution in [1.82, 2.24) is 5.32 Å². The van der Waals surface area contributed by atoms with Crippen molar-refractivity contribution in [2.75, 3.05) is 13.2 Å². The Balaban J connectivity index is 2.64. The summed E-state index contributed by atoms with van der Waals surface area (Å²) in [6.07, 6.45) is 59.1. The number of unbranched alkanes of at least 4 members (excludes halogenated alkanes) is 26. The molecule has 1 rings (SSSR count). The van der Waals surface area contributed by atoms with Crippen LogP contribution in [0.5, 0.6) is 0 Å². The lowest BCUT2D eigenvalue weighted by Crippen LogP contribution is -2.61. The zero-order valence-electron chi connectivity index (χ0n) is 49.1. The molecule has 444 valence electrons. The van der Waals surface area contributed by atoms with Crippen molar-refractivity contribution in [2.45, 2.75) is 307 Å². The third kappa shape index (κ3) is 41.5. The Morgan fingerprint density at radius 3 is 1.43 bits per heavy atom. The average molecular weight is 1080 g/mol. The fourth-order valence-electron chi connectivity index (χ4n) is 9.32. The van der Waals surface area contributed by atoms with Gasteiger partial charge in [0.1, 0.15) is 24.4 Å². The van der Waals surface area contributed by atoms with Gasteiger partial charge in [0, 0.05) is 6.42 Å². The summed E-state index contributed by atoms with van der Waals surface area (Å²) in [5, 5.41) is 56.9. The van der Waals surface area contributed by atoms with Gasteiger partial charge in [-0.1, -0.05) is 241 Å². The van der Waals surface area contributed by atoms with E-state index >= 15 is 0 Å². The fraction of sp³-hybridized carbons (Fsp3) is 0.758. The largest absolute Gasteiger partial charge is 0.454 e. The number of carbonyl (C=O) groups is 2. The molecule has 1 saturated heterocycles. The summed E-state index contributed by atoms with van der Waals surface area (Å²) in [5.41, 5.74) is 0. The first-order valence-corrected chi connectivity index (χ1v) is 31.4.